The van der Waals surface area contributed by atoms with Gasteiger partial charge in [0.1, 0.15) is 24.0 Å². The lowest BCUT2D eigenvalue weighted by Crippen LogP contribution is -2.41. The lowest BCUT2D eigenvalue weighted by Gasteiger charge is -2.11. The zero-order valence-corrected chi connectivity index (χ0v) is 20.3. The van der Waals surface area contributed by atoms with Crippen molar-refractivity contribution < 1.29 is 18.4 Å². The van der Waals surface area contributed by atoms with Crippen LogP contribution in [0.2, 0.25) is 0 Å². The molecule has 4 aromatic heterocycles. The van der Waals surface area contributed by atoms with Crippen LogP contribution in [-0.4, -0.2) is 45.3 Å². The minimum absolute atomic E-state index is 0.00248. The largest absolute Gasteiger partial charge is 0.332 e. The van der Waals surface area contributed by atoms with Gasteiger partial charge in [0, 0.05) is 31.9 Å². The molecule has 0 radical (unpaired) electrons. The number of nitrogens with zero attached hydrogens (tertiary/aromatic N) is 7. The zero-order chi connectivity index (χ0) is 27.1. The summed E-state index contributed by atoms with van der Waals surface area (Å²) in [4.78, 5) is 65.9. The first kappa shape index (κ1) is 25.5. The van der Waals surface area contributed by atoms with E-state index in [1.165, 1.54) is 37.0 Å². The first-order chi connectivity index (χ1) is 17.4. The van der Waals surface area contributed by atoms with Gasteiger partial charge in [-0.05, 0) is 26.0 Å². The molecule has 0 fully saturated rings. The minimum Gasteiger partial charge on any atom is -0.313 e. The molecular weight excluding hydrogens is 490 g/mol. The molecule has 37 heavy (non-hydrogen) atoms. The summed E-state index contributed by atoms with van der Waals surface area (Å²) in [5.74, 6) is -4.26. The van der Waals surface area contributed by atoms with E-state index < -0.39 is 35.4 Å². The van der Waals surface area contributed by atoms with Gasteiger partial charge < -0.3 is 9.88 Å². The van der Waals surface area contributed by atoms with Gasteiger partial charge in [0.2, 0.25) is 5.91 Å². The van der Waals surface area contributed by atoms with E-state index in [2.05, 4.69) is 25.3 Å². The summed E-state index contributed by atoms with van der Waals surface area (Å²) in [6.45, 7) is 2.79. The number of aromatic nitrogens is 7. The Balaban J connectivity index is 1.62. The van der Waals surface area contributed by atoms with Crippen LogP contribution < -0.4 is 16.6 Å². The van der Waals surface area contributed by atoms with Gasteiger partial charge in [0.25, 0.3) is 5.56 Å². The molecule has 0 atom stereocenters. The number of alkyl halides is 2. The van der Waals surface area contributed by atoms with Crippen molar-refractivity contribution in [2.75, 3.05) is 5.32 Å². The number of aryl methyl sites for hydroxylation is 2. The summed E-state index contributed by atoms with van der Waals surface area (Å²) in [7, 11) is 1.42. The van der Waals surface area contributed by atoms with Gasteiger partial charge >= 0.3 is 11.6 Å². The third kappa shape index (κ3) is 5.03. The number of fused-ring (bicyclic) bond motifs is 1. The number of ketones is 1. The van der Waals surface area contributed by atoms with Crippen molar-refractivity contribution in [1.82, 2.24) is 33.6 Å². The van der Waals surface area contributed by atoms with Crippen LogP contribution in [0.15, 0.2) is 40.2 Å². The van der Waals surface area contributed by atoms with Crippen LogP contribution in [0.4, 0.5) is 14.6 Å². The standard InChI is InChI=1S/C23H22F2N8O4/c1-12(34)10-33-20(36)18-19(31(4)22(33)37)28-13(2)32(18)11-17(35)30-16-7-5-6-15(29-16)14-8-26-21(27-9-14)23(3,24)25/h5-9H,10-11H2,1-4H3,(H,29,30,35). The zero-order valence-electron chi connectivity index (χ0n) is 20.3. The fraction of sp³-hybridized carbons (Fsp3) is 0.304. The fourth-order valence-corrected chi connectivity index (χ4v) is 3.71. The molecule has 0 aliphatic carbocycles. The lowest BCUT2D eigenvalue weighted by molar-refractivity contribution is -0.118. The predicted molar refractivity (Wildman–Crippen MR) is 128 cm³/mol. The Morgan fingerprint density at radius 2 is 1.73 bits per heavy atom. The van der Waals surface area contributed by atoms with E-state index in [1.807, 2.05) is 0 Å². The number of imidazole rings is 1. The summed E-state index contributed by atoms with van der Waals surface area (Å²) in [5, 5.41) is 2.62. The van der Waals surface area contributed by atoms with Crippen LogP contribution >= 0.6 is 0 Å². The molecule has 0 aliphatic rings. The molecule has 0 aromatic carbocycles. The molecule has 0 spiro atoms. The Morgan fingerprint density at radius 3 is 2.35 bits per heavy atom. The summed E-state index contributed by atoms with van der Waals surface area (Å²) >= 11 is 0. The minimum atomic E-state index is -3.18. The number of hydrogen-bond acceptors (Lipinski definition) is 8. The summed E-state index contributed by atoms with van der Waals surface area (Å²) in [6.07, 6.45) is 2.43. The van der Waals surface area contributed by atoms with Gasteiger partial charge in [-0.15, -0.1) is 0 Å². The van der Waals surface area contributed by atoms with Crippen molar-refractivity contribution in [2.24, 2.45) is 7.05 Å². The number of hydrogen-bond donors (Lipinski definition) is 1. The molecule has 12 nitrogen and oxygen atoms in total. The molecule has 4 rings (SSSR count). The molecule has 4 aromatic rings. The van der Waals surface area contributed by atoms with E-state index in [-0.39, 0.29) is 29.3 Å². The third-order valence-electron chi connectivity index (χ3n) is 5.46. The van der Waals surface area contributed by atoms with Gasteiger partial charge in [-0.3, -0.25) is 23.5 Å². The van der Waals surface area contributed by atoms with Crippen molar-refractivity contribution >= 4 is 28.7 Å². The molecule has 1 amide bonds. The molecule has 0 aliphatic heterocycles. The second kappa shape index (κ2) is 9.44. The topological polar surface area (TPSA) is 147 Å². The number of anilines is 1. The Hall–Kier alpha value is -4.62. The van der Waals surface area contributed by atoms with Gasteiger partial charge in [-0.2, -0.15) is 8.78 Å². The summed E-state index contributed by atoms with van der Waals surface area (Å²) < 4.78 is 30.0. The van der Waals surface area contributed by atoms with E-state index >= 15 is 0 Å². The van der Waals surface area contributed by atoms with Crippen molar-refractivity contribution in [3.63, 3.8) is 0 Å². The first-order valence-corrected chi connectivity index (χ1v) is 11.0. The van der Waals surface area contributed by atoms with E-state index in [9.17, 15) is 28.0 Å². The average molecular weight is 512 g/mol. The van der Waals surface area contributed by atoms with E-state index in [0.717, 1.165) is 9.13 Å². The molecule has 4 heterocycles. The first-order valence-electron chi connectivity index (χ1n) is 11.0. The number of halogens is 2. The normalized spacial score (nSPS) is 11.6. The number of amides is 1. The number of rotatable bonds is 7. The highest BCUT2D eigenvalue weighted by Gasteiger charge is 2.28. The number of nitrogens with one attached hydrogen (secondary N) is 1. The molecule has 0 saturated heterocycles. The van der Waals surface area contributed by atoms with Gasteiger partial charge in [-0.25, -0.2) is 24.7 Å². The van der Waals surface area contributed by atoms with Crippen LogP contribution in [0.1, 0.15) is 25.5 Å². The quantitative estimate of drug-likeness (QED) is 0.391. The van der Waals surface area contributed by atoms with E-state index in [1.54, 1.807) is 19.1 Å². The molecule has 1 N–H and O–H groups in total. The van der Waals surface area contributed by atoms with Crippen molar-refractivity contribution in [2.45, 2.75) is 39.8 Å². The Labute approximate surface area is 207 Å². The Bertz CT molecular complexity index is 1650. The van der Waals surface area contributed by atoms with Crippen molar-refractivity contribution in [3.8, 4) is 11.3 Å². The second-order valence-electron chi connectivity index (χ2n) is 8.49. The van der Waals surface area contributed by atoms with Crippen LogP contribution in [0.25, 0.3) is 22.4 Å². The van der Waals surface area contributed by atoms with Crippen LogP contribution in [0.3, 0.4) is 0 Å². The maximum atomic E-state index is 13.4. The summed E-state index contributed by atoms with van der Waals surface area (Å²) in [5.41, 5.74) is -0.628. The highest BCUT2D eigenvalue weighted by atomic mass is 19.3. The number of carbonyl (C=O) groups is 2. The third-order valence-corrected chi connectivity index (χ3v) is 5.46. The van der Waals surface area contributed by atoms with Gasteiger partial charge in [0.15, 0.2) is 17.0 Å². The Morgan fingerprint density at radius 1 is 1.05 bits per heavy atom. The van der Waals surface area contributed by atoms with Crippen molar-refractivity contribution in [3.05, 3.63) is 63.1 Å². The fourth-order valence-electron chi connectivity index (χ4n) is 3.71. The lowest BCUT2D eigenvalue weighted by atomic mass is 10.2. The smallest absolute Gasteiger partial charge is 0.313 e. The second-order valence-corrected chi connectivity index (χ2v) is 8.49. The predicted octanol–water partition coefficient (Wildman–Crippen LogP) is 1.40. The number of Topliss-reactive ketones (excluding diaryl/α,β-unsaturated/α-hetero) is 1. The molecule has 14 heteroatoms. The molecule has 0 bridgehead atoms. The number of pyridine rings is 1. The average Bonchev–Trinajstić information content (AvgIpc) is 3.16. The van der Waals surface area contributed by atoms with Gasteiger partial charge in [-0.1, -0.05) is 6.07 Å². The maximum absolute atomic E-state index is 13.4. The van der Waals surface area contributed by atoms with Crippen LogP contribution in [0.5, 0.6) is 0 Å². The monoisotopic (exact) mass is 512 g/mol. The van der Waals surface area contributed by atoms with Gasteiger partial charge in [0.05, 0.1) is 12.2 Å². The summed E-state index contributed by atoms with van der Waals surface area (Å²) in [6, 6.07) is 4.73. The Kier molecular flexibility index (Phi) is 6.50. The van der Waals surface area contributed by atoms with E-state index in [0.29, 0.717) is 24.0 Å². The highest BCUT2D eigenvalue weighted by molar-refractivity contribution is 5.91. The van der Waals surface area contributed by atoms with E-state index in [4.69, 9.17) is 0 Å². The van der Waals surface area contributed by atoms with Crippen LogP contribution in [0, 0.1) is 6.92 Å². The van der Waals surface area contributed by atoms with Crippen LogP contribution in [-0.2, 0) is 35.6 Å². The molecule has 0 unspecified atom stereocenters. The highest BCUT2D eigenvalue weighted by Crippen LogP contribution is 2.24. The van der Waals surface area contributed by atoms with Crippen molar-refractivity contribution in [1.29, 1.82) is 0 Å². The molecule has 0 saturated carbocycles. The molecule has 192 valence electrons. The maximum Gasteiger partial charge on any atom is 0.332 e. The SMILES string of the molecule is CC(=O)Cn1c(=O)c2c(nc(C)n2CC(=O)Nc2cccc(-c3cnc(C(C)(F)F)nc3)n2)n(C)c1=O. The number of carbonyl (C=O) groups excluding carboxylic acids is 2. The molecular formula is C23H22F2N8O4.